The Bertz CT molecular complexity index is 678. The molecule has 27 heavy (non-hydrogen) atoms. The predicted molar refractivity (Wildman–Crippen MR) is 108 cm³/mol. The second-order valence-electron chi connectivity index (χ2n) is 6.74. The number of benzene rings is 1. The zero-order valence-electron chi connectivity index (χ0n) is 15.7. The van der Waals surface area contributed by atoms with Crippen LogP contribution >= 0.6 is 11.6 Å². The topological polar surface area (TPSA) is 46.6 Å². The summed E-state index contributed by atoms with van der Waals surface area (Å²) in [5, 5.41) is 4.24. The molecule has 6 heteroatoms. The fourth-order valence-corrected chi connectivity index (χ4v) is 3.30. The number of aromatic nitrogens is 1. The van der Waals surface area contributed by atoms with Crippen molar-refractivity contribution >= 4 is 11.6 Å². The van der Waals surface area contributed by atoms with Crippen LogP contribution < -0.4 is 10.1 Å². The minimum Gasteiger partial charge on any atom is -0.489 e. The lowest BCUT2D eigenvalue weighted by atomic mass is 10.2. The highest BCUT2D eigenvalue weighted by Gasteiger charge is 2.09. The Hall–Kier alpha value is -1.66. The van der Waals surface area contributed by atoms with Crippen molar-refractivity contribution in [3.8, 4) is 5.75 Å². The molecular weight excluding hydrogens is 362 g/mol. The summed E-state index contributed by atoms with van der Waals surface area (Å²) in [6, 6.07) is 9.70. The SMILES string of the molecule is Clc1ccc(OCc2cccnc2)c(CNCCCCN2CCOCC2)c1. The van der Waals surface area contributed by atoms with Gasteiger partial charge in [0.1, 0.15) is 12.4 Å². The zero-order chi connectivity index (χ0) is 18.7. The summed E-state index contributed by atoms with van der Waals surface area (Å²) in [4.78, 5) is 6.60. The third kappa shape index (κ3) is 7.11. The average Bonchev–Trinajstić information content (AvgIpc) is 2.71. The van der Waals surface area contributed by atoms with E-state index in [0.717, 1.165) is 74.3 Å². The lowest BCUT2D eigenvalue weighted by Crippen LogP contribution is -2.37. The quantitative estimate of drug-likeness (QED) is 0.630. The minimum atomic E-state index is 0.502. The van der Waals surface area contributed by atoms with Crippen LogP contribution in [0.2, 0.25) is 5.02 Å². The molecule has 0 spiro atoms. The Morgan fingerprint density at radius 1 is 1.19 bits per heavy atom. The summed E-state index contributed by atoms with van der Waals surface area (Å²) in [5.41, 5.74) is 2.13. The Morgan fingerprint density at radius 2 is 2.07 bits per heavy atom. The molecule has 0 aliphatic carbocycles. The van der Waals surface area contributed by atoms with E-state index in [9.17, 15) is 0 Å². The highest BCUT2D eigenvalue weighted by atomic mass is 35.5. The first kappa shape index (κ1) is 20.1. The van der Waals surface area contributed by atoms with Crippen molar-refractivity contribution in [3.05, 3.63) is 58.9 Å². The summed E-state index contributed by atoms with van der Waals surface area (Å²) >= 11 is 6.17. The molecule has 0 amide bonds. The number of nitrogens with one attached hydrogen (secondary N) is 1. The van der Waals surface area contributed by atoms with E-state index in [-0.39, 0.29) is 0 Å². The molecule has 1 N–H and O–H groups in total. The van der Waals surface area contributed by atoms with Crippen LogP contribution in [-0.2, 0) is 17.9 Å². The van der Waals surface area contributed by atoms with Gasteiger partial charge in [-0.2, -0.15) is 0 Å². The van der Waals surface area contributed by atoms with E-state index in [1.54, 1.807) is 6.20 Å². The van der Waals surface area contributed by atoms with E-state index in [4.69, 9.17) is 21.1 Å². The summed E-state index contributed by atoms with van der Waals surface area (Å²) in [5.74, 6) is 0.865. The molecule has 0 atom stereocenters. The fourth-order valence-electron chi connectivity index (χ4n) is 3.10. The molecule has 0 radical (unpaired) electrons. The second kappa shape index (κ2) is 11.2. The van der Waals surface area contributed by atoms with E-state index >= 15 is 0 Å². The van der Waals surface area contributed by atoms with Gasteiger partial charge in [0.15, 0.2) is 0 Å². The fraction of sp³-hybridized carbons (Fsp3) is 0.476. The molecule has 1 fully saturated rings. The number of hydrogen-bond donors (Lipinski definition) is 1. The van der Waals surface area contributed by atoms with Gasteiger partial charge in [0.25, 0.3) is 0 Å². The van der Waals surface area contributed by atoms with Gasteiger partial charge in [0.2, 0.25) is 0 Å². The molecule has 0 unspecified atom stereocenters. The maximum absolute atomic E-state index is 6.17. The Labute approximate surface area is 166 Å². The first-order valence-electron chi connectivity index (χ1n) is 9.62. The molecule has 146 valence electrons. The number of rotatable bonds is 10. The molecule has 2 heterocycles. The van der Waals surface area contributed by atoms with Crippen molar-refractivity contribution in [2.75, 3.05) is 39.4 Å². The van der Waals surface area contributed by atoms with E-state index < -0.39 is 0 Å². The Morgan fingerprint density at radius 3 is 2.89 bits per heavy atom. The number of ether oxygens (including phenoxy) is 2. The number of halogens is 1. The van der Waals surface area contributed by atoms with E-state index in [0.29, 0.717) is 6.61 Å². The number of morpholine rings is 1. The average molecular weight is 390 g/mol. The standard InChI is InChI=1S/C21H28ClN3O2/c22-20-5-6-21(27-17-18-4-3-8-23-15-18)19(14-20)16-24-7-1-2-9-25-10-12-26-13-11-25/h3-6,8,14-15,24H,1-2,7,9-13,16-17H2. The van der Waals surface area contributed by atoms with Gasteiger partial charge in [-0.15, -0.1) is 0 Å². The number of unbranched alkanes of at least 4 members (excludes halogenated alkanes) is 1. The smallest absolute Gasteiger partial charge is 0.124 e. The summed E-state index contributed by atoms with van der Waals surface area (Å²) < 4.78 is 11.4. The van der Waals surface area contributed by atoms with Crippen molar-refractivity contribution in [1.82, 2.24) is 15.2 Å². The van der Waals surface area contributed by atoms with E-state index in [1.807, 2.05) is 36.5 Å². The Balaban J connectivity index is 1.40. The molecule has 1 aliphatic rings. The van der Waals surface area contributed by atoms with Crippen LogP contribution in [0.25, 0.3) is 0 Å². The predicted octanol–water partition coefficient (Wildman–Crippen LogP) is 3.52. The molecule has 1 saturated heterocycles. The molecule has 0 saturated carbocycles. The van der Waals surface area contributed by atoms with Crippen molar-refractivity contribution in [2.24, 2.45) is 0 Å². The Kier molecular flexibility index (Phi) is 8.36. The molecule has 3 rings (SSSR count). The van der Waals surface area contributed by atoms with Gasteiger partial charge in [-0.1, -0.05) is 17.7 Å². The second-order valence-corrected chi connectivity index (χ2v) is 7.18. The van der Waals surface area contributed by atoms with Crippen LogP contribution in [0.1, 0.15) is 24.0 Å². The van der Waals surface area contributed by atoms with Crippen LogP contribution in [0.3, 0.4) is 0 Å². The van der Waals surface area contributed by atoms with Gasteiger partial charge in [0, 0.05) is 48.2 Å². The van der Waals surface area contributed by atoms with Crippen LogP contribution in [0, 0.1) is 0 Å². The number of nitrogens with zero attached hydrogens (tertiary/aromatic N) is 2. The number of pyridine rings is 1. The van der Waals surface area contributed by atoms with E-state index in [2.05, 4.69) is 15.2 Å². The maximum Gasteiger partial charge on any atom is 0.124 e. The normalized spacial score (nSPS) is 15.0. The molecule has 0 bridgehead atoms. The van der Waals surface area contributed by atoms with Gasteiger partial charge in [0.05, 0.1) is 13.2 Å². The van der Waals surface area contributed by atoms with Crippen molar-refractivity contribution in [2.45, 2.75) is 26.0 Å². The molecule has 1 aromatic carbocycles. The van der Waals surface area contributed by atoms with Crippen LogP contribution in [0.4, 0.5) is 0 Å². The lowest BCUT2D eigenvalue weighted by molar-refractivity contribution is 0.0372. The van der Waals surface area contributed by atoms with Crippen molar-refractivity contribution in [1.29, 1.82) is 0 Å². The van der Waals surface area contributed by atoms with Crippen LogP contribution in [-0.4, -0.2) is 49.3 Å². The highest BCUT2D eigenvalue weighted by molar-refractivity contribution is 6.30. The van der Waals surface area contributed by atoms with Gasteiger partial charge in [-0.3, -0.25) is 9.88 Å². The van der Waals surface area contributed by atoms with Gasteiger partial charge < -0.3 is 14.8 Å². The molecule has 1 aromatic heterocycles. The third-order valence-corrected chi connectivity index (χ3v) is 4.87. The summed E-state index contributed by atoms with van der Waals surface area (Å²) in [6.07, 6.45) is 5.94. The monoisotopic (exact) mass is 389 g/mol. The van der Waals surface area contributed by atoms with Gasteiger partial charge in [-0.05, 0) is 50.2 Å². The van der Waals surface area contributed by atoms with Gasteiger partial charge in [-0.25, -0.2) is 0 Å². The first-order chi connectivity index (χ1) is 13.3. The van der Waals surface area contributed by atoms with Crippen molar-refractivity contribution < 1.29 is 9.47 Å². The number of hydrogen-bond acceptors (Lipinski definition) is 5. The molecular formula is C21H28ClN3O2. The summed E-state index contributed by atoms with van der Waals surface area (Å²) in [6.45, 7) is 7.26. The van der Waals surface area contributed by atoms with Crippen LogP contribution in [0.15, 0.2) is 42.7 Å². The molecule has 5 nitrogen and oxygen atoms in total. The lowest BCUT2D eigenvalue weighted by Gasteiger charge is -2.26. The minimum absolute atomic E-state index is 0.502. The molecule has 2 aromatic rings. The third-order valence-electron chi connectivity index (χ3n) is 4.64. The first-order valence-corrected chi connectivity index (χ1v) is 10.00. The van der Waals surface area contributed by atoms with E-state index in [1.165, 1.54) is 6.42 Å². The zero-order valence-corrected chi connectivity index (χ0v) is 16.5. The molecule has 1 aliphatic heterocycles. The summed E-state index contributed by atoms with van der Waals surface area (Å²) in [7, 11) is 0. The van der Waals surface area contributed by atoms with Crippen LogP contribution in [0.5, 0.6) is 5.75 Å². The maximum atomic E-state index is 6.17. The highest BCUT2D eigenvalue weighted by Crippen LogP contribution is 2.23. The largest absolute Gasteiger partial charge is 0.489 e. The van der Waals surface area contributed by atoms with Gasteiger partial charge >= 0.3 is 0 Å². The van der Waals surface area contributed by atoms with Crippen molar-refractivity contribution in [3.63, 3.8) is 0 Å².